The molecule has 0 fully saturated rings. The molecule has 0 spiro atoms. The molecule has 0 saturated heterocycles. The number of fused-ring (bicyclic) bond motifs is 1. The first kappa shape index (κ1) is 17.8. The van der Waals surface area contributed by atoms with Crippen LogP contribution in [-0.2, 0) is 11.2 Å². The summed E-state index contributed by atoms with van der Waals surface area (Å²) in [4.78, 5) is 11.8. The summed E-state index contributed by atoms with van der Waals surface area (Å²) in [6.45, 7) is 3.22. The van der Waals surface area contributed by atoms with E-state index >= 15 is 0 Å². The summed E-state index contributed by atoms with van der Waals surface area (Å²) in [6, 6.07) is 5.80. The highest BCUT2D eigenvalue weighted by atomic mass is 16.5. The van der Waals surface area contributed by atoms with Gasteiger partial charge in [0.05, 0.1) is 12.7 Å². The maximum atomic E-state index is 11.8. The van der Waals surface area contributed by atoms with Gasteiger partial charge in [-0.05, 0) is 42.5 Å². The number of carbonyl (C=O) groups is 1. The van der Waals surface area contributed by atoms with Gasteiger partial charge in [-0.25, -0.2) is 0 Å². The van der Waals surface area contributed by atoms with E-state index in [0.29, 0.717) is 6.42 Å². The number of benzene rings is 1. The molecule has 1 atom stereocenters. The minimum absolute atomic E-state index is 0.0295. The fourth-order valence-corrected chi connectivity index (χ4v) is 2.89. The average Bonchev–Trinajstić information content (AvgIpc) is 2.59. The molecule has 0 saturated carbocycles. The minimum Gasteiger partial charge on any atom is -0.493 e. The van der Waals surface area contributed by atoms with Gasteiger partial charge >= 0.3 is 0 Å². The third-order valence-corrected chi connectivity index (χ3v) is 4.32. The molecule has 0 aromatic heterocycles. The standard InChI is InChI=1S/C19H29NO3/c1-2-3-4-5-6-9-19(22)20-14-17(21)15-10-11-18-16(13-15)8-7-12-23-18/h10-11,13,17,21H,2-9,12,14H2,1H3,(H,20,22). The third kappa shape index (κ3) is 5.87. The fourth-order valence-electron chi connectivity index (χ4n) is 2.89. The zero-order valence-electron chi connectivity index (χ0n) is 14.1. The fraction of sp³-hybridized carbons (Fsp3) is 0.632. The SMILES string of the molecule is CCCCCCCC(=O)NCC(O)c1ccc2c(c1)CCCO2. The zero-order chi connectivity index (χ0) is 16.5. The van der Waals surface area contributed by atoms with E-state index in [0.717, 1.165) is 49.2 Å². The molecule has 1 heterocycles. The van der Waals surface area contributed by atoms with Crippen LogP contribution in [0.1, 0.15) is 69.1 Å². The van der Waals surface area contributed by atoms with Crippen molar-refractivity contribution in [3.63, 3.8) is 0 Å². The topological polar surface area (TPSA) is 58.6 Å². The molecule has 1 aliphatic heterocycles. The number of hydrogen-bond acceptors (Lipinski definition) is 3. The first-order valence-electron chi connectivity index (χ1n) is 8.91. The molecule has 1 aliphatic rings. The molecule has 0 bridgehead atoms. The van der Waals surface area contributed by atoms with Gasteiger partial charge in [0, 0.05) is 13.0 Å². The van der Waals surface area contributed by atoms with Crippen LogP contribution >= 0.6 is 0 Å². The highest BCUT2D eigenvalue weighted by Gasteiger charge is 2.15. The van der Waals surface area contributed by atoms with E-state index in [4.69, 9.17) is 4.74 Å². The number of aliphatic hydroxyl groups excluding tert-OH is 1. The van der Waals surface area contributed by atoms with Crippen molar-refractivity contribution in [1.82, 2.24) is 5.32 Å². The molecule has 2 N–H and O–H groups in total. The van der Waals surface area contributed by atoms with E-state index in [1.54, 1.807) is 0 Å². The van der Waals surface area contributed by atoms with Crippen molar-refractivity contribution in [3.05, 3.63) is 29.3 Å². The molecule has 1 aromatic rings. The number of aryl methyl sites for hydroxylation is 1. The van der Waals surface area contributed by atoms with Gasteiger partial charge in [-0.2, -0.15) is 0 Å². The Bertz CT molecular complexity index is 501. The van der Waals surface area contributed by atoms with Crippen molar-refractivity contribution in [2.75, 3.05) is 13.2 Å². The van der Waals surface area contributed by atoms with Crippen molar-refractivity contribution in [1.29, 1.82) is 0 Å². The van der Waals surface area contributed by atoms with Gasteiger partial charge in [0.15, 0.2) is 0 Å². The lowest BCUT2D eigenvalue weighted by atomic mass is 10.0. The van der Waals surface area contributed by atoms with Crippen molar-refractivity contribution in [3.8, 4) is 5.75 Å². The largest absolute Gasteiger partial charge is 0.493 e. The molecule has 0 radical (unpaired) electrons. The van der Waals surface area contributed by atoms with E-state index in [9.17, 15) is 9.90 Å². The zero-order valence-corrected chi connectivity index (χ0v) is 14.1. The summed E-state index contributed by atoms with van der Waals surface area (Å²) in [5, 5.41) is 13.1. The van der Waals surface area contributed by atoms with Gasteiger partial charge in [-0.3, -0.25) is 4.79 Å². The van der Waals surface area contributed by atoms with Crippen molar-refractivity contribution < 1.29 is 14.6 Å². The second-order valence-corrected chi connectivity index (χ2v) is 6.30. The monoisotopic (exact) mass is 319 g/mol. The number of unbranched alkanes of at least 4 members (excludes halogenated alkanes) is 4. The number of hydrogen-bond donors (Lipinski definition) is 2. The summed E-state index contributed by atoms with van der Waals surface area (Å²) >= 11 is 0. The molecule has 23 heavy (non-hydrogen) atoms. The lowest BCUT2D eigenvalue weighted by Crippen LogP contribution is -2.28. The van der Waals surface area contributed by atoms with Gasteiger partial charge in [0.2, 0.25) is 5.91 Å². The van der Waals surface area contributed by atoms with Crippen LogP contribution in [0.3, 0.4) is 0 Å². The second kappa shape index (κ2) is 9.56. The molecule has 1 unspecified atom stereocenters. The quantitative estimate of drug-likeness (QED) is 0.685. The summed E-state index contributed by atoms with van der Waals surface area (Å²) in [6.07, 6.45) is 7.57. The number of nitrogens with one attached hydrogen (secondary N) is 1. The van der Waals surface area contributed by atoms with Crippen LogP contribution in [0.5, 0.6) is 5.75 Å². The first-order chi connectivity index (χ1) is 11.2. The Morgan fingerprint density at radius 3 is 2.96 bits per heavy atom. The molecule has 0 aliphatic carbocycles. The van der Waals surface area contributed by atoms with Crippen LogP contribution in [-0.4, -0.2) is 24.2 Å². The highest BCUT2D eigenvalue weighted by Crippen LogP contribution is 2.27. The van der Waals surface area contributed by atoms with Gasteiger partial charge in [0.25, 0.3) is 0 Å². The van der Waals surface area contributed by atoms with E-state index in [1.807, 2.05) is 18.2 Å². The average molecular weight is 319 g/mol. The predicted octanol–water partition coefficient (Wildman–Crippen LogP) is 3.52. The number of rotatable bonds is 9. The smallest absolute Gasteiger partial charge is 0.220 e. The number of amides is 1. The van der Waals surface area contributed by atoms with Crippen molar-refractivity contribution in [2.45, 2.75) is 64.4 Å². The summed E-state index contributed by atoms with van der Waals surface area (Å²) in [5.41, 5.74) is 1.99. The van der Waals surface area contributed by atoms with E-state index in [1.165, 1.54) is 19.3 Å². The van der Waals surface area contributed by atoms with Crippen LogP contribution in [0.15, 0.2) is 18.2 Å². The maximum absolute atomic E-state index is 11.8. The summed E-state index contributed by atoms with van der Waals surface area (Å²) in [5.74, 6) is 0.949. The van der Waals surface area contributed by atoms with E-state index < -0.39 is 6.10 Å². The Morgan fingerprint density at radius 2 is 2.13 bits per heavy atom. The Morgan fingerprint density at radius 1 is 1.30 bits per heavy atom. The Balaban J connectivity index is 1.72. The van der Waals surface area contributed by atoms with Gasteiger partial charge in [-0.15, -0.1) is 0 Å². The second-order valence-electron chi connectivity index (χ2n) is 6.30. The van der Waals surface area contributed by atoms with E-state index in [-0.39, 0.29) is 12.5 Å². The summed E-state index contributed by atoms with van der Waals surface area (Å²) in [7, 11) is 0. The lowest BCUT2D eigenvalue weighted by molar-refractivity contribution is -0.121. The van der Waals surface area contributed by atoms with E-state index in [2.05, 4.69) is 12.2 Å². The number of ether oxygens (including phenoxy) is 1. The van der Waals surface area contributed by atoms with Crippen LogP contribution in [0.4, 0.5) is 0 Å². The Kier molecular flexibility index (Phi) is 7.40. The van der Waals surface area contributed by atoms with Gasteiger partial charge in [-0.1, -0.05) is 38.7 Å². The maximum Gasteiger partial charge on any atom is 0.220 e. The molecule has 1 amide bonds. The third-order valence-electron chi connectivity index (χ3n) is 4.32. The molecule has 4 heteroatoms. The molecular weight excluding hydrogens is 290 g/mol. The van der Waals surface area contributed by atoms with Crippen LogP contribution in [0, 0.1) is 0 Å². The number of aliphatic hydroxyl groups is 1. The van der Waals surface area contributed by atoms with Crippen molar-refractivity contribution >= 4 is 5.91 Å². The van der Waals surface area contributed by atoms with Gasteiger partial charge < -0.3 is 15.2 Å². The summed E-state index contributed by atoms with van der Waals surface area (Å²) < 4.78 is 5.58. The lowest BCUT2D eigenvalue weighted by Gasteiger charge is -2.19. The predicted molar refractivity (Wildman–Crippen MR) is 91.6 cm³/mol. The van der Waals surface area contributed by atoms with Gasteiger partial charge in [0.1, 0.15) is 5.75 Å². The normalized spacial score (nSPS) is 14.7. The highest BCUT2D eigenvalue weighted by molar-refractivity contribution is 5.75. The minimum atomic E-state index is -0.661. The molecule has 1 aromatic carbocycles. The van der Waals surface area contributed by atoms with Crippen molar-refractivity contribution in [2.24, 2.45) is 0 Å². The molecular formula is C19H29NO3. The molecule has 128 valence electrons. The van der Waals surface area contributed by atoms with Crippen LogP contribution in [0.25, 0.3) is 0 Å². The van der Waals surface area contributed by atoms with Crippen LogP contribution in [0.2, 0.25) is 0 Å². The number of carbonyl (C=O) groups excluding carboxylic acids is 1. The first-order valence-corrected chi connectivity index (χ1v) is 8.91. The van der Waals surface area contributed by atoms with Crippen LogP contribution < -0.4 is 10.1 Å². The Hall–Kier alpha value is -1.55. The molecule has 2 rings (SSSR count). The Labute approximate surface area is 139 Å². The molecule has 4 nitrogen and oxygen atoms in total.